The minimum absolute atomic E-state index is 0.0469. The Morgan fingerprint density at radius 3 is 2.71 bits per heavy atom. The lowest BCUT2D eigenvalue weighted by atomic mass is 9.90. The van der Waals surface area contributed by atoms with Crippen molar-refractivity contribution >= 4 is 0 Å². The molecule has 1 aromatic carbocycles. The fraction of sp³-hybridized carbons (Fsp3) is 0.455. The van der Waals surface area contributed by atoms with Gasteiger partial charge in [0.1, 0.15) is 17.4 Å². The van der Waals surface area contributed by atoms with Crippen LogP contribution in [0.4, 0.5) is 8.78 Å². The Morgan fingerprint density at radius 1 is 1.36 bits per heavy atom. The monoisotopic (exact) mass is 198 g/mol. The first kappa shape index (κ1) is 9.44. The molecule has 0 bridgehead atoms. The van der Waals surface area contributed by atoms with Gasteiger partial charge in [-0.05, 0) is 5.92 Å². The van der Waals surface area contributed by atoms with Gasteiger partial charge in [-0.3, -0.25) is 0 Å². The van der Waals surface area contributed by atoms with Crippen LogP contribution in [0, 0.1) is 17.6 Å². The van der Waals surface area contributed by atoms with Crippen LogP contribution in [-0.2, 0) is 0 Å². The molecule has 0 saturated carbocycles. The summed E-state index contributed by atoms with van der Waals surface area (Å²) < 4.78 is 31.5. The van der Waals surface area contributed by atoms with Crippen molar-refractivity contribution in [3.05, 3.63) is 29.3 Å². The Morgan fingerprint density at radius 2 is 2.07 bits per heavy atom. The molecule has 1 aromatic rings. The van der Waals surface area contributed by atoms with Crippen molar-refractivity contribution in [3.63, 3.8) is 0 Å². The van der Waals surface area contributed by atoms with Crippen molar-refractivity contribution in [2.24, 2.45) is 5.92 Å². The summed E-state index contributed by atoms with van der Waals surface area (Å²) in [5.74, 6) is -0.357. The van der Waals surface area contributed by atoms with Crippen molar-refractivity contribution in [2.45, 2.75) is 19.8 Å². The first-order valence-electron chi connectivity index (χ1n) is 4.71. The number of ether oxygens (including phenoxy) is 1. The molecule has 76 valence electrons. The van der Waals surface area contributed by atoms with Crippen LogP contribution < -0.4 is 4.74 Å². The number of benzene rings is 1. The molecule has 1 heterocycles. The molecule has 14 heavy (non-hydrogen) atoms. The highest BCUT2D eigenvalue weighted by Gasteiger charge is 2.30. The van der Waals surface area contributed by atoms with Crippen LogP contribution in [-0.4, -0.2) is 6.61 Å². The van der Waals surface area contributed by atoms with Crippen molar-refractivity contribution < 1.29 is 13.5 Å². The lowest BCUT2D eigenvalue weighted by Crippen LogP contribution is -2.09. The molecule has 3 heteroatoms. The van der Waals surface area contributed by atoms with E-state index in [-0.39, 0.29) is 5.92 Å². The molecule has 2 rings (SSSR count). The van der Waals surface area contributed by atoms with Crippen LogP contribution in [0.1, 0.15) is 25.3 Å². The summed E-state index contributed by atoms with van der Waals surface area (Å²) in [7, 11) is 0. The minimum Gasteiger partial charge on any atom is -0.492 e. The molecule has 0 radical (unpaired) electrons. The van der Waals surface area contributed by atoms with Crippen molar-refractivity contribution in [1.29, 1.82) is 0 Å². The average Bonchev–Trinajstić information content (AvgIpc) is 2.47. The second kappa shape index (κ2) is 3.23. The molecule has 0 spiro atoms. The summed E-state index contributed by atoms with van der Waals surface area (Å²) in [5, 5.41) is 0. The van der Waals surface area contributed by atoms with Crippen LogP contribution >= 0.6 is 0 Å². The normalized spacial score (nSPS) is 19.6. The van der Waals surface area contributed by atoms with Gasteiger partial charge in [0.2, 0.25) is 0 Å². The summed E-state index contributed by atoms with van der Waals surface area (Å²) in [5.41, 5.74) is 0.529. The molecule has 0 aliphatic carbocycles. The van der Waals surface area contributed by atoms with Gasteiger partial charge in [-0.2, -0.15) is 0 Å². The van der Waals surface area contributed by atoms with E-state index in [1.807, 2.05) is 13.8 Å². The highest BCUT2D eigenvalue weighted by molar-refractivity contribution is 5.41. The van der Waals surface area contributed by atoms with Gasteiger partial charge in [0.05, 0.1) is 6.61 Å². The number of rotatable bonds is 1. The van der Waals surface area contributed by atoms with E-state index in [9.17, 15) is 8.78 Å². The Labute approximate surface area is 81.7 Å². The van der Waals surface area contributed by atoms with E-state index in [0.717, 1.165) is 6.07 Å². The van der Waals surface area contributed by atoms with Gasteiger partial charge < -0.3 is 4.74 Å². The Kier molecular flexibility index (Phi) is 2.17. The Bertz CT molecular complexity index is 361. The van der Waals surface area contributed by atoms with Crippen LogP contribution in [0.25, 0.3) is 0 Å². The van der Waals surface area contributed by atoms with Crippen molar-refractivity contribution in [2.75, 3.05) is 6.61 Å². The quantitative estimate of drug-likeness (QED) is 0.673. The van der Waals surface area contributed by atoms with Gasteiger partial charge in [-0.15, -0.1) is 0 Å². The fourth-order valence-corrected chi connectivity index (χ4v) is 1.83. The van der Waals surface area contributed by atoms with E-state index >= 15 is 0 Å². The van der Waals surface area contributed by atoms with Gasteiger partial charge in [0.15, 0.2) is 0 Å². The second-order valence-electron chi connectivity index (χ2n) is 3.96. The Balaban J connectivity index is 2.49. The fourth-order valence-electron chi connectivity index (χ4n) is 1.83. The van der Waals surface area contributed by atoms with E-state index in [1.54, 1.807) is 0 Å². The number of hydrogen-bond acceptors (Lipinski definition) is 1. The van der Waals surface area contributed by atoms with E-state index in [4.69, 9.17) is 4.74 Å². The topological polar surface area (TPSA) is 9.23 Å². The highest BCUT2D eigenvalue weighted by atomic mass is 19.1. The van der Waals surface area contributed by atoms with Crippen molar-refractivity contribution in [3.8, 4) is 5.75 Å². The molecule has 1 atom stereocenters. The van der Waals surface area contributed by atoms with Gasteiger partial charge in [-0.25, -0.2) is 8.78 Å². The van der Waals surface area contributed by atoms with Gasteiger partial charge in [0, 0.05) is 23.6 Å². The van der Waals surface area contributed by atoms with Gasteiger partial charge >= 0.3 is 0 Å². The molecule has 1 unspecified atom stereocenters. The van der Waals surface area contributed by atoms with Crippen molar-refractivity contribution in [1.82, 2.24) is 0 Å². The summed E-state index contributed by atoms with van der Waals surface area (Å²) in [4.78, 5) is 0. The van der Waals surface area contributed by atoms with Crippen LogP contribution in [0.3, 0.4) is 0 Å². The minimum atomic E-state index is -0.578. The molecule has 1 nitrogen and oxygen atoms in total. The van der Waals surface area contributed by atoms with Gasteiger partial charge in [-0.1, -0.05) is 13.8 Å². The first-order valence-corrected chi connectivity index (χ1v) is 4.71. The molecule has 0 amide bonds. The standard InChI is InChI=1S/C11H12F2O/c1-6(2)8-5-14-10-4-7(12)3-9(13)11(8)10/h3-4,6,8H,5H2,1-2H3. The molecular formula is C11H12F2O. The zero-order valence-corrected chi connectivity index (χ0v) is 8.18. The summed E-state index contributed by atoms with van der Waals surface area (Å²) in [6.07, 6.45) is 0. The van der Waals surface area contributed by atoms with Crippen LogP contribution in [0.5, 0.6) is 5.75 Å². The zero-order chi connectivity index (χ0) is 10.3. The molecule has 1 aliphatic heterocycles. The number of halogens is 2. The van der Waals surface area contributed by atoms with E-state index in [1.165, 1.54) is 6.07 Å². The van der Waals surface area contributed by atoms with Gasteiger partial charge in [0.25, 0.3) is 0 Å². The van der Waals surface area contributed by atoms with Crippen LogP contribution in [0.15, 0.2) is 12.1 Å². The molecule has 1 aliphatic rings. The molecule has 0 fully saturated rings. The summed E-state index contributed by atoms with van der Waals surface area (Å²) in [6, 6.07) is 2.17. The van der Waals surface area contributed by atoms with E-state index in [0.29, 0.717) is 23.8 Å². The SMILES string of the molecule is CC(C)C1COc2cc(F)cc(F)c21. The predicted molar refractivity (Wildman–Crippen MR) is 49.4 cm³/mol. The van der Waals surface area contributed by atoms with Crippen LogP contribution in [0.2, 0.25) is 0 Å². The molecule has 0 N–H and O–H groups in total. The first-order chi connectivity index (χ1) is 6.59. The molecule has 0 aromatic heterocycles. The predicted octanol–water partition coefficient (Wildman–Crippen LogP) is 3.10. The maximum absolute atomic E-state index is 13.4. The summed E-state index contributed by atoms with van der Waals surface area (Å²) >= 11 is 0. The zero-order valence-electron chi connectivity index (χ0n) is 8.18. The van der Waals surface area contributed by atoms with E-state index in [2.05, 4.69) is 0 Å². The lowest BCUT2D eigenvalue weighted by molar-refractivity contribution is 0.302. The third kappa shape index (κ3) is 1.37. The molecular weight excluding hydrogens is 186 g/mol. The third-order valence-corrected chi connectivity index (χ3v) is 2.65. The maximum Gasteiger partial charge on any atom is 0.133 e. The smallest absolute Gasteiger partial charge is 0.133 e. The lowest BCUT2D eigenvalue weighted by Gasteiger charge is -2.12. The number of fused-ring (bicyclic) bond motifs is 1. The largest absolute Gasteiger partial charge is 0.492 e. The molecule has 0 saturated heterocycles. The second-order valence-corrected chi connectivity index (χ2v) is 3.96. The maximum atomic E-state index is 13.4. The highest BCUT2D eigenvalue weighted by Crippen LogP contribution is 2.40. The Hall–Kier alpha value is -1.12. The summed E-state index contributed by atoms with van der Waals surface area (Å²) in [6.45, 7) is 4.46. The van der Waals surface area contributed by atoms with E-state index < -0.39 is 11.6 Å². The third-order valence-electron chi connectivity index (χ3n) is 2.65. The number of hydrogen-bond donors (Lipinski definition) is 0. The average molecular weight is 198 g/mol.